The van der Waals surface area contributed by atoms with Crippen molar-refractivity contribution in [2.75, 3.05) is 5.94 Å². The molecule has 0 aliphatic heterocycles. The van der Waals surface area contributed by atoms with Crippen molar-refractivity contribution in [1.82, 2.24) is 14.5 Å². The molecule has 0 spiro atoms. The monoisotopic (exact) mass is 405 g/mol. The van der Waals surface area contributed by atoms with Gasteiger partial charge in [0.1, 0.15) is 11.3 Å². The number of hydrogen-bond donors (Lipinski definition) is 0. The lowest BCUT2D eigenvalue weighted by Gasteiger charge is -2.10. The first kappa shape index (κ1) is 19.9. The van der Waals surface area contributed by atoms with Crippen LogP contribution in [-0.4, -0.2) is 34.9 Å². The van der Waals surface area contributed by atoms with E-state index in [9.17, 15) is 17.6 Å². The summed E-state index contributed by atoms with van der Waals surface area (Å²) in [7, 11) is -3.89. The molecule has 0 aliphatic carbocycles. The molecule has 3 rings (SSSR count). The lowest BCUT2D eigenvalue weighted by molar-refractivity contribution is -0.138. The molecular formula is C19H20FN3O4S. The van der Waals surface area contributed by atoms with Gasteiger partial charge in [-0.1, -0.05) is 25.5 Å². The molecular weight excluding hydrogens is 385 g/mol. The van der Waals surface area contributed by atoms with Gasteiger partial charge in [-0.25, -0.2) is 22.8 Å². The van der Waals surface area contributed by atoms with Gasteiger partial charge < -0.3 is 9.30 Å². The third-order valence-corrected chi connectivity index (χ3v) is 5.42. The van der Waals surface area contributed by atoms with E-state index in [4.69, 9.17) is 0 Å². The summed E-state index contributed by atoms with van der Waals surface area (Å²) in [4.78, 5) is 19.4. The Balaban J connectivity index is 2.00. The molecule has 7 nitrogen and oxygen atoms in total. The van der Waals surface area contributed by atoms with Crippen LogP contribution in [-0.2, 0) is 32.3 Å². The lowest BCUT2D eigenvalue weighted by atomic mass is 10.2. The van der Waals surface area contributed by atoms with Crippen molar-refractivity contribution >= 4 is 27.0 Å². The van der Waals surface area contributed by atoms with Gasteiger partial charge in [0, 0.05) is 19.2 Å². The molecule has 0 amide bonds. The maximum atomic E-state index is 13.2. The highest BCUT2D eigenvalue weighted by Gasteiger charge is 2.21. The molecule has 0 bridgehead atoms. The van der Waals surface area contributed by atoms with Crippen LogP contribution < -0.4 is 0 Å². The summed E-state index contributed by atoms with van der Waals surface area (Å²) in [5.41, 5.74) is 2.83. The van der Waals surface area contributed by atoms with Gasteiger partial charge >= 0.3 is 5.97 Å². The molecule has 3 aromatic rings. The van der Waals surface area contributed by atoms with Crippen LogP contribution in [0.15, 0.2) is 41.6 Å². The molecule has 2 aromatic heterocycles. The number of rotatable bonds is 7. The van der Waals surface area contributed by atoms with Gasteiger partial charge in [0.15, 0.2) is 16.6 Å². The maximum absolute atomic E-state index is 13.2. The van der Waals surface area contributed by atoms with E-state index in [0.29, 0.717) is 17.7 Å². The topological polar surface area (TPSA) is 91.2 Å². The van der Waals surface area contributed by atoms with E-state index >= 15 is 0 Å². The van der Waals surface area contributed by atoms with Crippen molar-refractivity contribution in [3.63, 3.8) is 0 Å². The Bertz CT molecular complexity index is 1110. The second kappa shape index (κ2) is 8.05. The summed E-state index contributed by atoms with van der Waals surface area (Å²) in [6, 6.07) is 7.99. The number of sulfone groups is 1. The summed E-state index contributed by atoms with van der Waals surface area (Å²) in [6.07, 6.45) is 2.81. The number of carbonyl (C=O) groups excluding carboxylic acids is 1. The number of benzene rings is 1. The fraction of sp³-hybridized carbons (Fsp3) is 0.316. The highest BCUT2D eigenvalue weighted by Crippen LogP contribution is 2.21. The van der Waals surface area contributed by atoms with E-state index in [2.05, 4.69) is 14.7 Å². The third kappa shape index (κ3) is 4.36. The smallest absolute Gasteiger partial charge is 0.303 e. The molecule has 9 heteroatoms. The third-order valence-electron chi connectivity index (χ3n) is 4.16. The van der Waals surface area contributed by atoms with Crippen LogP contribution in [0.5, 0.6) is 0 Å². The zero-order valence-corrected chi connectivity index (χ0v) is 16.4. The predicted octanol–water partition coefficient (Wildman–Crippen LogP) is 2.87. The summed E-state index contributed by atoms with van der Waals surface area (Å²) >= 11 is 0. The Morgan fingerprint density at radius 3 is 2.61 bits per heavy atom. The Kier molecular flexibility index (Phi) is 5.73. The Morgan fingerprint density at radius 2 is 1.96 bits per heavy atom. The lowest BCUT2D eigenvalue weighted by Crippen LogP contribution is -2.14. The molecule has 0 unspecified atom stereocenters. The van der Waals surface area contributed by atoms with Crippen LogP contribution in [0, 0.1) is 5.82 Å². The van der Waals surface area contributed by atoms with E-state index in [1.807, 2.05) is 11.5 Å². The van der Waals surface area contributed by atoms with E-state index < -0.39 is 21.7 Å². The molecule has 0 atom stereocenters. The summed E-state index contributed by atoms with van der Waals surface area (Å²) in [5.74, 6) is -1.77. The van der Waals surface area contributed by atoms with Crippen LogP contribution >= 0.6 is 0 Å². The van der Waals surface area contributed by atoms with Gasteiger partial charge in [-0.05, 0) is 30.2 Å². The normalized spacial score (nSPS) is 11.7. The minimum Gasteiger partial charge on any atom is -0.449 e. The van der Waals surface area contributed by atoms with Crippen molar-refractivity contribution in [2.24, 2.45) is 0 Å². The standard InChI is InChI=1S/C19H20FN3O4S/c1-3-4-16-9-17-19(23(16)11-14-5-7-15(20)8-6-14)21-10-18(22-17)28(25,26)12-27-13(2)24/h5-10H,3-4,11-12H2,1-2H3. The van der Waals surface area contributed by atoms with Gasteiger partial charge in [-0.3, -0.25) is 4.79 Å². The van der Waals surface area contributed by atoms with E-state index in [1.54, 1.807) is 18.2 Å². The zero-order chi connectivity index (χ0) is 20.3. The number of aromatic nitrogens is 3. The van der Waals surface area contributed by atoms with Crippen LogP contribution in [0.25, 0.3) is 11.2 Å². The van der Waals surface area contributed by atoms with Gasteiger partial charge in [0.25, 0.3) is 0 Å². The Morgan fingerprint density at radius 1 is 1.25 bits per heavy atom. The Hall–Kier alpha value is -2.81. The molecule has 1 aromatic carbocycles. The number of esters is 1. The van der Waals surface area contributed by atoms with Crippen molar-refractivity contribution in [2.45, 2.75) is 38.3 Å². The summed E-state index contributed by atoms with van der Waals surface area (Å²) in [5, 5.41) is -0.247. The zero-order valence-electron chi connectivity index (χ0n) is 15.6. The van der Waals surface area contributed by atoms with Gasteiger partial charge in [-0.2, -0.15) is 0 Å². The second-order valence-electron chi connectivity index (χ2n) is 6.38. The van der Waals surface area contributed by atoms with Gasteiger partial charge in [0.05, 0.1) is 6.20 Å². The summed E-state index contributed by atoms with van der Waals surface area (Å²) < 4.78 is 44.3. The molecule has 0 saturated carbocycles. The molecule has 2 heterocycles. The molecule has 0 fully saturated rings. The van der Waals surface area contributed by atoms with Crippen LogP contribution in [0.1, 0.15) is 31.5 Å². The number of halogens is 1. The fourth-order valence-electron chi connectivity index (χ4n) is 2.84. The molecule has 28 heavy (non-hydrogen) atoms. The van der Waals surface area contributed by atoms with E-state index in [-0.39, 0.29) is 10.8 Å². The highest BCUT2D eigenvalue weighted by molar-refractivity contribution is 7.91. The van der Waals surface area contributed by atoms with Crippen molar-refractivity contribution < 1.29 is 22.3 Å². The SMILES string of the molecule is CCCc1cc2nc(S(=O)(=O)COC(C)=O)cnc2n1Cc1ccc(F)cc1. The number of carbonyl (C=O) groups is 1. The van der Waals surface area contributed by atoms with E-state index in [1.165, 1.54) is 12.1 Å². The molecule has 0 N–H and O–H groups in total. The number of aryl methyl sites for hydroxylation is 1. The highest BCUT2D eigenvalue weighted by atomic mass is 32.2. The predicted molar refractivity (Wildman–Crippen MR) is 101 cm³/mol. The second-order valence-corrected chi connectivity index (χ2v) is 8.27. The largest absolute Gasteiger partial charge is 0.449 e. The van der Waals surface area contributed by atoms with Crippen molar-refractivity contribution in [1.29, 1.82) is 0 Å². The average Bonchev–Trinajstić information content (AvgIpc) is 2.99. The number of nitrogens with zero attached hydrogens (tertiary/aromatic N) is 3. The molecule has 0 saturated heterocycles. The van der Waals surface area contributed by atoms with Crippen LogP contribution in [0.4, 0.5) is 4.39 Å². The first-order valence-electron chi connectivity index (χ1n) is 8.76. The molecule has 148 valence electrons. The molecule has 0 radical (unpaired) electrons. The van der Waals surface area contributed by atoms with Crippen molar-refractivity contribution in [3.8, 4) is 0 Å². The number of fused-ring (bicyclic) bond motifs is 1. The summed E-state index contributed by atoms with van der Waals surface area (Å²) in [6.45, 7) is 3.64. The van der Waals surface area contributed by atoms with Crippen molar-refractivity contribution in [3.05, 3.63) is 53.6 Å². The Labute approximate surface area is 162 Å². The van der Waals surface area contributed by atoms with Crippen LogP contribution in [0.3, 0.4) is 0 Å². The minimum atomic E-state index is -3.89. The average molecular weight is 405 g/mol. The quantitative estimate of drug-likeness (QED) is 0.562. The maximum Gasteiger partial charge on any atom is 0.303 e. The minimum absolute atomic E-state index is 0.247. The molecule has 0 aliphatic rings. The first-order chi connectivity index (χ1) is 13.3. The van der Waals surface area contributed by atoms with Gasteiger partial charge in [0.2, 0.25) is 9.84 Å². The first-order valence-corrected chi connectivity index (χ1v) is 10.4. The number of hydrogen-bond acceptors (Lipinski definition) is 6. The van der Waals surface area contributed by atoms with E-state index in [0.717, 1.165) is 37.2 Å². The van der Waals surface area contributed by atoms with Gasteiger partial charge in [-0.15, -0.1) is 0 Å². The fourth-order valence-corrected chi connectivity index (χ4v) is 3.73. The number of ether oxygens (including phenoxy) is 1. The van der Waals surface area contributed by atoms with Crippen LogP contribution in [0.2, 0.25) is 0 Å².